The lowest BCUT2D eigenvalue weighted by Crippen LogP contribution is -2.20. The zero-order valence-electron chi connectivity index (χ0n) is 9.43. The number of carbonyl (C=O) groups is 1. The fourth-order valence-corrected chi connectivity index (χ4v) is 2.01. The quantitative estimate of drug-likeness (QED) is 0.842. The van der Waals surface area contributed by atoms with Gasteiger partial charge in [-0.05, 0) is 31.7 Å². The number of aromatic carboxylic acids is 1. The van der Waals surface area contributed by atoms with Crippen molar-refractivity contribution in [2.24, 2.45) is 0 Å². The molecule has 17 heavy (non-hydrogen) atoms. The van der Waals surface area contributed by atoms with E-state index in [4.69, 9.17) is 9.84 Å². The highest BCUT2D eigenvalue weighted by Crippen LogP contribution is 2.24. The van der Waals surface area contributed by atoms with Crippen LogP contribution in [0.4, 0.5) is 0 Å². The van der Waals surface area contributed by atoms with Gasteiger partial charge in [-0.3, -0.25) is 0 Å². The molecule has 0 aromatic carbocycles. The molecule has 92 valence electrons. The van der Waals surface area contributed by atoms with E-state index in [0.717, 1.165) is 25.7 Å². The van der Waals surface area contributed by atoms with E-state index in [1.54, 1.807) is 0 Å². The summed E-state index contributed by atoms with van der Waals surface area (Å²) in [7, 11) is 0. The molecule has 0 bridgehead atoms. The highest BCUT2D eigenvalue weighted by Gasteiger charge is 2.18. The summed E-state index contributed by atoms with van der Waals surface area (Å²) in [4.78, 5) is 14.6. The SMILES string of the molecule is O=C(O)c1nc(OC2CCCCC2)ccc1O. The van der Waals surface area contributed by atoms with Gasteiger partial charge in [0, 0.05) is 6.07 Å². The Labute approximate surface area is 99.1 Å². The number of hydrogen-bond donors (Lipinski definition) is 2. The fraction of sp³-hybridized carbons (Fsp3) is 0.500. The first-order valence-corrected chi connectivity index (χ1v) is 5.77. The Hall–Kier alpha value is -1.78. The van der Waals surface area contributed by atoms with E-state index < -0.39 is 5.97 Å². The van der Waals surface area contributed by atoms with Crippen molar-refractivity contribution in [3.63, 3.8) is 0 Å². The lowest BCUT2D eigenvalue weighted by atomic mass is 9.98. The van der Waals surface area contributed by atoms with E-state index >= 15 is 0 Å². The second kappa shape index (κ2) is 5.03. The van der Waals surface area contributed by atoms with E-state index in [-0.39, 0.29) is 23.4 Å². The number of carboxylic acids is 1. The van der Waals surface area contributed by atoms with Gasteiger partial charge >= 0.3 is 5.97 Å². The standard InChI is InChI=1S/C12H15NO4/c14-9-6-7-10(13-11(9)12(15)16)17-8-4-2-1-3-5-8/h6-8,14H,1-5H2,(H,15,16). The van der Waals surface area contributed by atoms with Crippen molar-refractivity contribution < 1.29 is 19.7 Å². The molecule has 5 nitrogen and oxygen atoms in total. The first kappa shape index (κ1) is 11.7. The van der Waals surface area contributed by atoms with Crippen LogP contribution in [0.2, 0.25) is 0 Å². The average Bonchev–Trinajstić information content (AvgIpc) is 2.32. The summed E-state index contributed by atoms with van der Waals surface area (Å²) in [5, 5.41) is 18.1. The first-order chi connectivity index (χ1) is 8.16. The van der Waals surface area contributed by atoms with Crippen molar-refractivity contribution in [2.75, 3.05) is 0 Å². The number of aromatic hydroxyl groups is 1. The van der Waals surface area contributed by atoms with Gasteiger partial charge in [0.1, 0.15) is 11.9 Å². The Morgan fingerprint density at radius 3 is 2.65 bits per heavy atom. The van der Waals surface area contributed by atoms with Crippen molar-refractivity contribution in [1.29, 1.82) is 0 Å². The highest BCUT2D eigenvalue weighted by atomic mass is 16.5. The minimum absolute atomic E-state index is 0.113. The molecule has 2 rings (SSSR count). The molecule has 2 N–H and O–H groups in total. The molecule has 0 atom stereocenters. The van der Waals surface area contributed by atoms with Gasteiger partial charge in [-0.1, -0.05) is 6.42 Å². The second-order valence-electron chi connectivity index (χ2n) is 4.20. The third-order valence-electron chi connectivity index (χ3n) is 2.89. The predicted molar refractivity (Wildman–Crippen MR) is 60.4 cm³/mol. The van der Waals surface area contributed by atoms with Gasteiger partial charge in [-0.25, -0.2) is 9.78 Å². The summed E-state index contributed by atoms with van der Waals surface area (Å²) < 4.78 is 5.62. The molecule has 1 saturated carbocycles. The summed E-state index contributed by atoms with van der Waals surface area (Å²) in [5.74, 6) is -1.32. The molecule has 0 aliphatic heterocycles. The van der Waals surface area contributed by atoms with Crippen molar-refractivity contribution in [2.45, 2.75) is 38.2 Å². The summed E-state index contributed by atoms with van der Waals surface area (Å²) in [6.45, 7) is 0. The van der Waals surface area contributed by atoms with Gasteiger partial charge < -0.3 is 14.9 Å². The molecule has 1 fully saturated rings. The molecule has 1 aromatic heterocycles. The van der Waals surface area contributed by atoms with E-state index in [9.17, 15) is 9.90 Å². The number of hydrogen-bond acceptors (Lipinski definition) is 4. The van der Waals surface area contributed by atoms with Crippen LogP contribution in [0.15, 0.2) is 12.1 Å². The summed E-state index contributed by atoms with van der Waals surface area (Å²) in [6.07, 6.45) is 5.56. The van der Waals surface area contributed by atoms with Gasteiger partial charge in [0.25, 0.3) is 0 Å². The first-order valence-electron chi connectivity index (χ1n) is 5.77. The van der Waals surface area contributed by atoms with Crippen LogP contribution in [0.3, 0.4) is 0 Å². The molecule has 0 unspecified atom stereocenters. The van der Waals surface area contributed by atoms with Crippen LogP contribution < -0.4 is 4.74 Å². The lowest BCUT2D eigenvalue weighted by molar-refractivity contribution is 0.0683. The van der Waals surface area contributed by atoms with Crippen LogP contribution in [-0.4, -0.2) is 27.3 Å². The van der Waals surface area contributed by atoms with Crippen LogP contribution in [0, 0.1) is 0 Å². The Morgan fingerprint density at radius 2 is 2.00 bits per heavy atom. The number of pyridine rings is 1. The molecule has 0 spiro atoms. The minimum atomic E-state index is -1.25. The summed E-state index contributed by atoms with van der Waals surface area (Å²) >= 11 is 0. The molecule has 1 aliphatic rings. The minimum Gasteiger partial charge on any atom is -0.505 e. The zero-order valence-corrected chi connectivity index (χ0v) is 9.43. The third kappa shape index (κ3) is 2.87. The summed E-state index contributed by atoms with van der Waals surface area (Å²) in [5.41, 5.74) is -0.363. The number of rotatable bonds is 3. The molecular weight excluding hydrogens is 222 g/mol. The molecule has 0 amide bonds. The van der Waals surface area contributed by atoms with Crippen LogP contribution in [0.25, 0.3) is 0 Å². The van der Waals surface area contributed by atoms with Crippen LogP contribution >= 0.6 is 0 Å². The molecule has 1 aliphatic carbocycles. The monoisotopic (exact) mass is 237 g/mol. The van der Waals surface area contributed by atoms with Gasteiger partial charge in [-0.15, -0.1) is 0 Å². The van der Waals surface area contributed by atoms with Crippen molar-refractivity contribution in [3.8, 4) is 11.6 Å². The predicted octanol–water partition coefficient (Wildman–Crippen LogP) is 2.20. The van der Waals surface area contributed by atoms with Gasteiger partial charge in [-0.2, -0.15) is 0 Å². The largest absolute Gasteiger partial charge is 0.505 e. The maximum atomic E-state index is 10.8. The average molecular weight is 237 g/mol. The smallest absolute Gasteiger partial charge is 0.358 e. The van der Waals surface area contributed by atoms with Crippen molar-refractivity contribution >= 4 is 5.97 Å². The Balaban J connectivity index is 2.10. The molecule has 1 aromatic rings. The fourth-order valence-electron chi connectivity index (χ4n) is 2.01. The molecular formula is C12H15NO4. The van der Waals surface area contributed by atoms with Crippen molar-refractivity contribution in [1.82, 2.24) is 4.98 Å². The lowest BCUT2D eigenvalue weighted by Gasteiger charge is -2.22. The molecule has 5 heteroatoms. The van der Waals surface area contributed by atoms with E-state index in [1.807, 2.05) is 0 Å². The van der Waals surface area contributed by atoms with Crippen molar-refractivity contribution in [3.05, 3.63) is 17.8 Å². The molecule has 1 heterocycles. The summed E-state index contributed by atoms with van der Waals surface area (Å²) in [6, 6.07) is 2.80. The van der Waals surface area contributed by atoms with E-state index in [2.05, 4.69) is 4.98 Å². The molecule has 0 radical (unpaired) electrons. The number of nitrogens with zero attached hydrogens (tertiary/aromatic N) is 1. The Morgan fingerprint density at radius 1 is 1.29 bits per heavy atom. The maximum absolute atomic E-state index is 10.8. The number of ether oxygens (including phenoxy) is 1. The van der Waals surface area contributed by atoms with E-state index in [0.29, 0.717) is 0 Å². The normalized spacial score (nSPS) is 16.7. The maximum Gasteiger partial charge on any atom is 0.358 e. The Kier molecular flexibility index (Phi) is 3.46. The third-order valence-corrected chi connectivity index (χ3v) is 2.89. The highest BCUT2D eigenvalue weighted by molar-refractivity contribution is 5.88. The van der Waals surface area contributed by atoms with Crippen LogP contribution in [-0.2, 0) is 0 Å². The van der Waals surface area contributed by atoms with E-state index in [1.165, 1.54) is 18.6 Å². The topological polar surface area (TPSA) is 79.7 Å². The van der Waals surface area contributed by atoms with Gasteiger partial charge in [0.15, 0.2) is 5.69 Å². The van der Waals surface area contributed by atoms with Gasteiger partial charge in [0.2, 0.25) is 5.88 Å². The zero-order chi connectivity index (χ0) is 12.3. The molecule has 0 saturated heterocycles. The van der Waals surface area contributed by atoms with Gasteiger partial charge in [0.05, 0.1) is 0 Å². The van der Waals surface area contributed by atoms with Crippen LogP contribution in [0.5, 0.6) is 11.6 Å². The number of aromatic nitrogens is 1. The second-order valence-corrected chi connectivity index (χ2v) is 4.20. The number of carboxylic acid groups (broad SMARTS) is 1. The Bertz CT molecular complexity index is 413. The van der Waals surface area contributed by atoms with Crippen LogP contribution in [0.1, 0.15) is 42.6 Å².